The third-order valence-corrected chi connectivity index (χ3v) is 4.96. The molecule has 2 aromatic rings. The van der Waals surface area contributed by atoms with Crippen LogP contribution in [0.1, 0.15) is 31.3 Å². The second-order valence-electron chi connectivity index (χ2n) is 6.28. The molecule has 2 rings (SSSR count). The molecule has 0 fully saturated rings. The van der Waals surface area contributed by atoms with Gasteiger partial charge in [0.1, 0.15) is 5.82 Å². The molecule has 1 aromatic carbocycles. The molecule has 1 amide bonds. The largest absolute Gasteiger partial charge is 0.346 e. The number of rotatable bonds is 6. The van der Waals surface area contributed by atoms with Gasteiger partial charge in [0, 0.05) is 25.7 Å². The lowest BCUT2D eigenvalue weighted by Crippen LogP contribution is -2.34. The molecular weight excluding hydrogens is 326 g/mol. The van der Waals surface area contributed by atoms with Gasteiger partial charge >= 0.3 is 0 Å². The Balaban J connectivity index is 2.08. The van der Waals surface area contributed by atoms with E-state index in [2.05, 4.69) is 10.3 Å². The van der Waals surface area contributed by atoms with Gasteiger partial charge in [0.2, 0.25) is 5.91 Å². The fourth-order valence-electron chi connectivity index (χ4n) is 2.47. The summed E-state index contributed by atoms with van der Waals surface area (Å²) in [5.74, 6) is 0.886. The Bertz CT molecular complexity index is 808. The Hall–Kier alpha value is -2.15. The van der Waals surface area contributed by atoms with Crippen LogP contribution in [0.3, 0.4) is 0 Å². The quantitative estimate of drug-likeness (QED) is 0.863. The number of carbonyl (C=O) groups excluding carboxylic acids is 1. The van der Waals surface area contributed by atoms with Crippen LogP contribution < -0.4 is 5.32 Å². The lowest BCUT2D eigenvalue weighted by molar-refractivity contribution is -0.121. The number of amides is 1. The van der Waals surface area contributed by atoms with Crippen molar-refractivity contribution in [2.75, 3.05) is 6.26 Å². The first-order chi connectivity index (χ1) is 11.2. The molecular formula is C17H23N3O3S. The molecule has 24 heavy (non-hydrogen) atoms. The molecule has 6 nitrogen and oxygen atoms in total. The predicted molar refractivity (Wildman–Crippen MR) is 92.2 cm³/mol. The lowest BCUT2D eigenvalue weighted by Gasteiger charge is -2.22. The van der Waals surface area contributed by atoms with Crippen molar-refractivity contribution in [3.05, 3.63) is 48.0 Å². The van der Waals surface area contributed by atoms with Gasteiger partial charge in [-0.2, -0.15) is 0 Å². The second-order valence-corrected chi connectivity index (χ2v) is 8.29. The summed E-state index contributed by atoms with van der Waals surface area (Å²) in [7, 11) is -1.33. The van der Waals surface area contributed by atoms with E-state index in [1.54, 1.807) is 18.3 Å². The summed E-state index contributed by atoms with van der Waals surface area (Å²) in [5.41, 5.74) is 0.766. The zero-order valence-electron chi connectivity index (χ0n) is 14.4. The number of benzene rings is 1. The van der Waals surface area contributed by atoms with Gasteiger partial charge in [-0.05, 0) is 23.6 Å². The van der Waals surface area contributed by atoms with E-state index in [4.69, 9.17) is 0 Å². The van der Waals surface area contributed by atoms with Crippen LogP contribution in [0.2, 0.25) is 0 Å². The molecule has 0 aliphatic carbocycles. The Morgan fingerprint density at radius 3 is 2.33 bits per heavy atom. The zero-order chi connectivity index (χ0) is 17.9. The van der Waals surface area contributed by atoms with Gasteiger partial charge in [-0.25, -0.2) is 13.4 Å². The Morgan fingerprint density at radius 2 is 1.88 bits per heavy atom. The first-order valence-electron chi connectivity index (χ1n) is 7.74. The molecule has 1 atom stereocenters. The topological polar surface area (TPSA) is 81.1 Å². The number of imidazole rings is 1. The van der Waals surface area contributed by atoms with Crippen LogP contribution in [0.4, 0.5) is 0 Å². The maximum absolute atomic E-state index is 12.3. The van der Waals surface area contributed by atoms with Gasteiger partial charge < -0.3 is 9.88 Å². The van der Waals surface area contributed by atoms with Crippen molar-refractivity contribution in [1.29, 1.82) is 0 Å². The summed E-state index contributed by atoms with van der Waals surface area (Å²) in [6.45, 7) is 4.06. The van der Waals surface area contributed by atoms with E-state index in [1.807, 2.05) is 31.7 Å². The molecule has 1 heterocycles. The first kappa shape index (κ1) is 18.2. The summed E-state index contributed by atoms with van der Waals surface area (Å²) in [6.07, 6.45) is 4.91. The van der Waals surface area contributed by atoms with Crippen molar-refractivity contribution < 1.29 is 13.2 Å². The van der Waals surface area contributed by atoms with E-state index < -0.39 is 9.84 Å². The highest BCUT2D eigenvalue weighted by molar-refractivity contribution is 7.90. The average molecular weight is 349 g/mol. The normalized spacial score (nSPS) is 13.0. The maximum atomic E-state index is 12.3. The molecule has 0 saturated carbocycles. The van der Waals surface area contributed by atoms with Crippen LogP contribution in [0.15, 0.2) is 41.6 Å². The minimum Gasteiger partial charge on any atom is -0.346 e. The van der Waals surface area contributed by atoms with Crippen LogP contribution in [-0.2, 0) is 28.1 Å². The highest BCUT2D eigenvalue weighted by Crippen LogP contribution is 2.20. The summed E-state index contributed by atoms with van der Waals surface area (Å²) in [6, 6.07) is 6.21. The molecule has 130 valence electrons. The Morgan fingerprint density at radius 1 is 1.25 bits per heavy atom. The molecule has 0 spiro atoms. The molecule has 1 N–H and O–H groups in total. The van der Waals surface area contributed by atoms with E-state index in [9.17, 15) is 13.2 Å². The van der Waals surface area contributed by atoms with E-state index in [0.29, 0.717) is 0 Å². The van der Waals surface area contributed by atoms with Crippen LogP contribution in [-0.4, -0.2) is 30.1 Å². The Kier molecular flexibility index (Phi) is 5.43. The minimum absolute atomic E-state index is 0.121. The number of aromatic nitrogens is 2. The van der Waals surface area contributed by atoms with Gasteiger partial charge in [0.05, 0.1) is 17.4 Å². The highest BCUT2D eigenvalue weighted by Gasteiger charge is 2.22. The number of nitrogens with one attached hydrogen (secondary N) is 1. The summed E-state index contributed by atoms with van der Waals surface area (Å²) in [5, 5.41) is 3.01. The number of nitrogens with zero attached hydrogens (tertiary/aromatic N) is 2. The molecule has 0 aliphatic heterocycles. The number of carbonyl (C=O) groups is 1. The number of hydrogen-bond donors (Lipinski definition) is 1. The molecule has 0 saturated heterocycles. The van der Waals surface area contributed by atoms with Gasteiger partial charge in [-0.1, -0.05) is 26.0 Å². The molecule has 0 radical (unpaired) electrons. The molecule has 1 aromatic heterocycles. The maximum Gasteiger partial charge on any atom is 0.225 e. The fraction of sp³-hybridized carbons (Fsp3) is 0.412. The first-order valence-corrected chi connectivity index (χ1v) is 9.63. The van der Waals surface area contributed by atoms with Gasteiger partial charge in [-0.3, -0.25) is 4.79 Å². The zero-order valence-corrected chi connectivity index (χ0v) is 15.2. The Labute approximate surface area is 142 Å². The summed E-state index contributed by atoms with van der Waals surface area (Å²) < 4.78 is 24.8. The summed E-state index contributed by atoms with van der Waals surface area (Å²) >= 11 is 0. The number of hydrogen-bond acceptors (Lipinski definition) is 4. The smallest absolute Gasteiger partial charge is 0.225 e. The average Bonchev–Trinajstić information content (AvgIpc) is 2.90. The van der Waals surface area contributed by atoms with E-state index >= 15 is 0 Å². The van der Waals surface area contributed by atoms with Crippen LogP contribution in [0.25, 0.3) is 0 Å². The van der Waals surface area contributed by atoms with Crippen molar-refractivity contribution in [2.24, 2.45) is 13.0 Å². The fourth-order valence-corrected chi connectivity index (χ4v) is 3.10. The SMILES string of the molecule is CC(C)C(NC(=O)Cc1ccc(S(C)(=O)=O)cc1)c1nccn1C. The second kappa shape index (κ2) is 7.17. The number of sulfone groups is 1. The number of aryl methyl sites for hydroxylation is 1. The van der Waals surface area contributed by atoms with Crippen molar-refractivity contribution in [3.8, 4) is 0 Å². The van der Waals surface area contributed by atoms with Gasteiger partial charge in [0.25, 0.3) is 0 Å². The van der Waals surface area contributed by atoms with Gasteiger partial charge in [0.15, 0.2) is 9.84 Å². The minimum atomic E-state index is -3.22. The molecule has 0 aliphatic rings. The van der Waals surface area contributed by atoms with Gasteiger partial charge in [-0.15, -0.1) is 0 Å². The van der Waals surface area contributed by atoms with Crippen molar-refractivity contribution >= 4 is 15.7 Å². The van der Waals surface area contributed by atoms with E-state index in [1.165, 1.54) is 12.1 Å². The van der Waals surface area contributed by atoms with Crippen LogP contribution in [0, 0.1) is 5.92 Å². The third kappa shape index (κ3) is 4.44. The highest BCUT2D eigenvalue weighted by atomic mass is 32.2. The van der Waals surface area contributed by atoms with Crippen LogP contribution >= 0.6 is 0 Å². The van der Waals surface area contributed by atoms with Crippen LogP contribution in [0.5, 0.6) is 0 Å². The molecule has 7 heteroatoms. The monoisotopic (exact) mass is 349 g/mol. The lowest BCUT2D eigenvalue weighted by atomic mass is 10.0. The standard InChI is InChI=1S/C17H23N3O3S/c1-12(2)16(17-18-9-10-20(17)3)19-15(21)11-13-5-7-14(8-6-13)24(4,22)23/h5-10,12,16H,11H2,1-4H3,(H,19,21). The van der Waals surface area contributed by atoms with Crippen molar-refractivity contribution in [2.45, 2.75) is 31.2 Å². The van der Waals surface area contributed by atoms with E-state index in [0.717, 1.165) is 17.6 Å². The summed E-state index contributed by atoms with van der Waals surface area (Å²) in [4.78, 5) is 16.9. The predicted octanol–water partition coefficient (Wildman–Crippen LogP) is 1.88. The van der Waals surface area contributed by atoms with Crippen molar-refractivity contribution in [1.82, 2.24) is 14.9 Å². The molecule has 0 bridgehead atoms. The van der Waals surface area contributed by atoms with Crippen molar-refractivity contribution in [3.63, 3.8) is 0 Å². The molecule has 1 unspecified atom stereocenters. The third-order valence-electron chi connectivity index (χ3n) is 3.84. The van der Waals surface area contributed by atoms with E-state index in [-0.39, 0.29) is 29.2 Å².